The molecular weight excluding hydrogens is 356 g/mol. The number of anilines is 1. The van der Waals surface area contributed by atoms with Gasteiger partial charge in [0.2, 0.25) is 0 Å². The SMILES string of the molecule is Cc1cc(OCC(=O)O[C@@H](C)C(=O)Nc2ccccc2C#N)ccc1C(C)C. The van der Waals surface area contributed by atoms with Gasteiger partial charge in [0.05, 0.1) is 11.3 Å². The number of rotatable bonds is 7. The van der Waals surface area contributed by atoms with E-state index < -0.39 is 18.0 Å². The van der Waals surface area contributed by atoms with E-state index in [1.54, 1.807) is 24.3 Å². The molecule has 0 saturated heterocycles. The van der Waals surface area contributed by atoms with E-state index in [-0.39, 0.29) is 6.61 Å². The molecule has 0 saturated carbocycles. The number of esters is 1. The second-order valence-corrected chi connectivity index (χ2v) is 6.74. The Kier molecular flexibility index (Phi) is 7.16. The third-order valence-electron chi connectivity index (χ3n) is 4.20. The van der Waals surface area contributed by atoms with E-state index in [4.69, 9.17) is 14.7 Å². The third-order valence-corrected chi connectivity index (χ3v) is 4.20. The van der Waals surface area contributed by atoms with Crippen LogP contribution in [0, 0.1) is 18.3 Å². The standard InChI is InChI=1S/C22H24N2O4/c1-14(2)19-10-9-18(11-15(19)3)27-13-21(25)28-16(4)22(26)24-20-8-6-5-7-17(20)12-23/h5-11,14,16H,13H2,1-4H3,(H,24,26)/t16-/m0/s1. The minimum atomic E-state index is -1.02. The molecule has 0 radical (unpaired) electrons. The van der Waals surface area contributed by atoms with Crippen LogP contribution in [0.2, 0.25) is 0 Å². The number of carbonyl (C=O) groups excluding carboxylic acids is 2. The average Bonchev–Trinajstić information content (AvgIpc) is 2.66. The van der Waals surface area contributed by atoms with Crippen molar-refractivity contribution >= 4 is 17.6 Å². The lowest BCUT2D eigenvalue weighted by Crippen LogP contribution is -2.31. The normalized spacial score (nSPS) is 11.4. The first-order valence-electron chi connectivity index (χ1n) is 9.04. The topological polar surface area (TPSA) is 88.4 Å². The minimum absolute atomic E-state index is 0.299. The van der Waals surface area contributed by atoms with Crippen molar-refractivity contribution in [2.75, 3.05) is 11.9 Å². The first kappa shape index (κ1) is 21.0. The molecule has 0 aliphatic carbocycles. The van der Waals surface area contributed by atoms with E-state index in [1.807, 2.05) is 31.2 Å². The predicted octanol–water partition coefficient (Wildman–Crippen LogP) is 3.94. The minimum Gasteiger partial charge on any atom is -0.482 e. The molecule has 0 heterocycles. The summed E-state index contributed by atoms with van der Waals surface area (Å²) in [6.45, 7) is 7.38. The smallest absolute Gasteiger partial charge is 0.344 e. The zero-order valence-corrected chi connectivity index (χ0v) is 16.5. The number of nitriles is 1. The van der Waals surface area contributed by atoms with Crippen LogP contribution >= 0.6 is 0 Å². The molecule has 0 bridgehead atoms. The number of aryl methyl sites for hydroxylation is 1. The Bertz CT molecular complexity index is 900. The Morgan fingerprint density at radius 1 is 1.14 bits per heavy atom. The van der Waals surface area contributed by atoms with Gasteiger partial charge in [0, 0.05) is 0 Å². The second-order valence-electron chi connectivity index (χ2n) is 6.74. The Hall–Kier alpha value is -3.33. The Morgan fingerprint density at radius 3 is 2.50 bits per heavy atom. The van der Waals surface area contributed by atoms with Crippen molar-refractivity contribution < 1.29 is 19.1 Å². The molecule has 0 fully saturated rings. The summed E-state index contributed by atoms with van der Waals surface area (Å²) in [6, 6.07) is 14.2. The average molecular weight is 380 g/mol. The summed E-state index contributed by atoms with van der Waals surface area (Å²) in [7, 11) is 0. The Balaban J connectivity index is 1.87. The number of hydrogen-bond acceptors (Lipinski definition) is 5. The van der Waals surface area contributed by atoms with Crippen LogP contribution in [0.3, 0.4) is 0 Å². The Morgan fingerprint density at radius 2 is 1.86 bits per heavy atom. The summed E-state index contributed by atoms with van der Waals surface area (Å²) in [5, 5.41) is 11.6. The van der Waals surface area contributed by atoms with Crippen molar-refractivity contribution in [3.63, 3.8) is 0 Å². The maximum Gasteiger partial charge on any atom is 0.344 e. The van der Waals surface area contributed by atoms with Crippen LogP contribution in [0.15, 0.2) is 42.5 Å². The van der Waals surface area contributed by atoms with E-state index >= 15 is 0 Å². The summed E-state index contributed by atoms with van der Waals surface area (Å²) >= 11 is 0. The lowest BCUT2D eigenvalue weighted by atomic mass is 9.98. The highest BCUT2D eigenvalue weighted by molar-refractivity contribution is 5.96. The van der Waals surface area contributed by atoms with Gasteiger partial charge in [-0.15, -0.1) is 0 Å². The molecule has 1 amide bonds. The fraction of sp³-hybridized carbons (Fsp3) is 0.318. The van der Waals surface area contributed by atoms with Gasteiger partial charge >= 0.3 is 5.97 Å². The molecule has 0 unspecified atom stereocenters. The van der Waals surface area contributed by atoms with Crippen molar-refractivity contribution in [1.29, 1.82) is 5.26 Å². The molecule has 6 heteroatoms. The van der Waals surface area contributed by atoms with Gasteiger partial charge in [0.15, 0.2) is 12.7 Å². The first-order chi connectivity index (χ1) is 13.3. The number of nitrogens with one attached hydrogen (secondary N) is 1. The highest BCUT2D eigenvalue weighted by Gasteiger charge is 2.19. The number of para-hydroxylation sites is 1. The van der Waals surface area contributed by atoms with E-state index in [9.17, 15) is 9.59 Å². The van der Waals surface area contributed by atoms with Crippen LogP contribution in [0.5, 0.6) is 5.75 Å². The van der Waals surface area contributed by atoms with Gasteiger partial charge in [-0.2, -0.15) is 5.26 Å². The molecule has 28 heavy (non-hydrogen) atoms. The van der Waals surface area contributed by atoms with Gasteiger partial charge in [-0.1, -0.05) is 32.0 Å². The number of hydrogen-bond donors (Lipinski definition) is 1. The summed E-state index contributed by atoms with van der Waals surface area (Å²) < 4.78 is 10.6. The van der Waals surface area contributed by atoms with Gasteiger partial charge in [0.1, 0.15) is 11.8 Å². The monoisotopic (exact) mass is 380 g/mol. The molecule has 0 aliphatic rings. The van der Waals surface area contributed by atoms with Gasteiger partial charge < -0.3 is 14.8 Å². The summed E-state index contributed by atoms with van der Waals surface area (Å²) in [4.78, 5) is 24.2. The van der Waals surface area contributed by atoms with Gasteiger partial charge in [-0.05, 0) is 55.2 Å². The van der Waals surface area contributed by atoms with Gasteiger partial charge in [-0.3, -0.25) is 4.79 Å². The third kappa shape index (κ3) is 5.58. The number of benzene rings is 2. The van der Waals surface area contributed by atoms with Crippen LogP contribution < -0.4 is 10.1 Å². The summed E-state index contributed by atoms with van der Waals surface area (Å²) in [5.74, 6) is -0.196. The maximum absolute atomic E-state index is 12.2. The number of amides is 1. The van der Waals surface area contributed by atoms with E-state index in [2.05, 4.69) is 19.2 Å². The number of carbonyl (C=O) groups is 2. The number of ether oxygens (including phenoxy) is 2. The molecule has 146 valence electrons. The van der Waals surface area contributed by atoms with Crippen LogP contribution in [0.4, 0.5) is 5.69 Å². The Labute approximate surface area is 165 Å². The molecular formula is C22H24N2O4. The molecule has 2 aromatic rings. The van der Waals surface area contributed by atoms with E-state index in [0.717, 1.165) is 5.56 Å². The molecule has 6 nitrogen and oxygen atoms in total. The molecule has 1 atom stereocenters. The molecule has 2 rings (SSSR count). The molecule has 2 aromatic carbocycles. The zero-order valence-electron chi connectivity index (χ0n) is 16.5. The lowest BCUT2D eigenvalue weighted by molar-refractivity contribution is -0.155. The second kappa shape index (κ2) is 9.56. The molecule has 0 aromatic heterocycles. The van der Waals surface area contributed by atoms with Gasteiger partial charge in [0.25, 0.3) is 5.91 Å². The van der Waals surface area contributed by atoms with Crippen molar-refractivity contribution in [3.05, 3.63) is 59.2 Å². The van der Waals surface area contributed by atoms with Crippen molar-refractivity contribution in [2.24, 2.45) is 0 Å². The summed E-state index contributed by atoms with van der Waals surface area (Å²) in [5.41, 5.74) is 3.01. The quantitative estimate of drug-likeness (QED) is 0.735. The summed E-state index contributed by atoms with van der Waals surface area (Å²) in [6.07, 6.45) is -1.02. The van der Waals surface area contributed by atoms with E-state index in [1.165, 1.54) is 12.5 Å². The maximum atomic E-state index is 12.2. The van der Waals surface area contributed by atoms with Crippen molar-refractivity contribution in [3.8, 4) is 11.8 Å². The molecule has 1 N–H and O–H groups in total. The van der Waals surface area contributed by atoms with Gasteiger partial charge in [-0.25, -0.2) is 4.79 Å². The molecule has 0 aliphatic heterocycles. The van der Waals surface area contributed by atoms with Crippen LogP contribution in [-0.2, 0) is 14.3 Å². The van der Waals surface area contributed by atoms with Crippen LogP contribution in [0.25, 0.3) is 0 Å². The predicted molar refractivity (Wildman–Crippen MR) is 106 cm³/mol. The largest absolute Gasteiger partial charge is 0.482 e. The zero-order chi connectivity index (χ0) is 20.7. The lowest BCUT2D eigenvalue weighted by Gasteiger charge is -2.15. The van der Waals surface area contributed by atoms with Crippen molar-refractivity contribution in [1.82, 2.24) is 0 Å². The van der Waals surface area contributed by atoms with Crippen LogP contribution in [0.1, 0.15) is 43.4 Å². The first-order valence-corrected chi connectivity index (χ1v) is 9.04. The van der Waals surface area contributed by atoms with E-state index in [0.29, 0.717) is 22.9 Å². The fourth-order valence-electron chi connectivity index (χ4n) is 2.74. The molecule has 0 spiro atoms. The van der Waals surface area contributed by atoms with Crippen LogP contribution in [-0.4, -0.2) is 24.6 Å². The van der Waals surface area contributed by atoms with Crippen molar-refractivity contribution in [2.45, 2.75) is 39.7 Å². The highest BCUT2D eigenvalue weighted by atomic mass is 16.6. The fourth-order valence-corrected chi connectivity index (χ4v) is 2.74. The highest BCUT2D eigenvalue weighted by Crippen LogP contribution is 2.23. The number of nitrogens with zero attached hydrogens (tertiary/aromatic N) is 1.